The molecule has 1 atom stereocenters. The topological polar surface area (TPSA) is 37.8 Å². The number of aromatic nitrogens is 2. The summed E-state index contributed by atoms with van der Waals surface area (Å²) in [6.07, 6.45) is 1.82. The highest BCUT2D eigenvalue weighted by Gasteiger charge is 2.22. The van der Waals surface area contributed by atoms with Crippen LogP contribution in [0.4, 0.5) is 5.69 Å². The fourth-order valence-electron chi connectivity index (χ4n) is 2.07. The predicted octanol–water partition coefficient (Wildman–Crippen LogP) is 4.63. The summed E-state index contributed by atoms with van der Waals surface area (Å²) in [4.78, 5) is 10.4. The Morgan fingerprint density at radius 3 is 2.45 bits per heavy atom. The quantitative estimate of drug-likeness (QED) is 0.895. The van der Waals surface area contributed by atoms with Gasteiger partial charge in [-0.15, -0.1) is 11.3 Å². The molecule has 4 heteroatoms. The first-order chi connectivity index (χ1) is 9.29. The number of aryl methyl sites for hydroxylation is 2. The summed E-state index contributed by atoms with van der Waals surface area (Å²) in [6.45, 7) is 12.9. The van der Waals surface area contributed by atoms with Crippen molar-refractivity contribution in [2.24, 2.45) is 0 Å². The normalized spacial score (nSPS) is 13.3. The lowest BCUT2D eigenvalue weighted by molar-refractivity contribution is 0.584. The molecule has 0 bridgehead atoms. The summed E-state index contributed by atoms with van der Waals surface area (Å²) < 4.78 is 0. The summed E-state index contributed by atoms with van der Waals surface area (Å²) >= 11 is 1.81. The number of hydrogen-bond acceptors (Lipinski definition) is 4. The predicted molar refractivity (Wildman–Crippen MR) is 86.6 cm³/mol. The molecule has 20 heavy (non-hydrogen) atoms. The van der Waals surface area contributed by atoms with Gasteiger partial charge in [0.2, 0.25) is 0 Å². The van der Waals surface area contributed by atoms with Crippen LogP contribution >= 0.6 is 11.3 Å². The standard InChI is InChI=1S/C16H23N3S/c1-10-13(8-7-9-17-10)18-11(2)14-12(3)19-15(20-14)16(4,5)6/h7-9,11,18H,1-6H3. The van der Waals surface area contributed by atoms with Crippen molar-refractivity contribution in [2.75, 3.05) is 5.32 Å². The van der Waals surface area contributed by atoms with Gasteiger partial charge in [0.25, 0.3) is 0 Å². The van der Waals surface area contributed by atoms with Crippen molar-refractivity contribution in [3.8, 4) is 0 Å². The SMILES string of the molecule is Cc1ncccc1NC(C)c1sc(C(C)(C)C)nc1C. The highest BCUT2D eigenvalue weighted by Crippen LogP contribution is 2.33. The molecule has 0 amide bonds. The smallest absolute Gasteiger partial charge is 0.0985 e. The molecule has 0 aromatic carbocycles. The van der Waals surface area contributed by atoms with Crippen LogP contribution in [-0.2, 0) is 5.41 Å². The minimum absolute atomic E-state index is 0.109. The maximum atomic E-state index is 4.73. The van der Waals surface area contributed by atoms with Crippen LogP contribution in [0.1, 0.15) is 55.0 Å². The second kappa shape index (κ2) is 5.52. The van der Waals surface area contributed by atoms with E-state index in [-0.39, 0.29) is 11.5 Å². The molecule has 3 nitrogen and oxygen atoms in total. The van der Waals surface area contributed by atoms with E-state index in [4.69, 9.17) is 4.98 Å². The van der Waals surface area contributed by atoms with E-state index in [1.807, 2.05) is 19.2 Å². The number of nitrogens with one attached hydrogen (secondary N) is 1. The molecule has 0 aliphatic carbocycles. The van der Waals surface area contributed by atoms with Crippen molar-refractivity contribution in [3.63, 3.8) is 0 Å². The third kappa shape index (κ3) is 3.18. The van der Waals surface area contributed by atoms with Gasteiger partial charge in [-0.1, -0.05) is 20.8 Å². The van der Waals surface area contributed by atoms with E-state index in [0.29, 0.717) is 0 Å². The molecule has 2 heterocycles. The summed E-state index contributed by atoms with van der Waals surface area (Å²) in [5, 5.41) is 4.74. The van der Waals surface area contributed by atoms with Gasteiger partial charge in [0.1, 0.15) is 0 Å². The Hall–Kier alpha value is -1.42. The molecule has 108 valence electrons. The third-order valence-electron chi connectivity index (χ3n) is 3.25. The van der Waals surface area contributed by atoms with Crippen LogP contribution in [0, 0.1) is 13.8 Å². The minimum atomic E-state index is 0.109. The van der Waals surface area contributed by atoms with E-state index < -0.39 is 0 Å². The Labute approximate surface area is 125 Å². The zero-order valence-electron chi connectivity index (χ0n) is 13.1. The molecule has 2 rings (SSSR count). The molecule has 0 spiro atoms. The lowest BCUT2D eigenvalue weighted by Crippen LogP contribution is -2.10. The zero-order valence-corrected chi connectivity index (χ0v) is 13.9. The molecule has 2 aromatic heterocycles. The van der Waals surface area contributed by atoms with Crippen molar-refractivity contribution in [3.05, 3.63) is 39.6 Å². The monoisotopic (exact) mass is 289 g/mol. The van der Waals surface area contributed by atoms with Crippen LogP contribution in [0.2, 0.25) is 0 Å². The molecular weight excluding hydrogens is 266 g/mol. The van der Waals surface area contributed by atoms with Gasteiger partial charge >= 0.3 is 0 Å². The summed E-state index contributed by atoms with van der Waals surface area (Å²) in [5.41, 5.74) is 3.35. The summed E-state index contributed by atoms with van der Waals surface area (Å²) in [7, 11) is 0. The Morgan fingerprint density at radius 1 is 1.20 bits per heavy atom. The molecular formula is C16H23N3S. The molecule has 0 fully saturated rings. The van der Waals surface area contributed by atoms with E-state index in [0.717, 1.165) is 17.1 Å². The van der Waals surface area contributed by atoms with Crippen molar-refractivity contribution in [1.82, 2.24) is 9.97 Å². The van der Waals surface area contributed by atoms with Crippen molar-refractivity contribution < 1.29 is 0 Å². The highest BCUT2D eigenvalue weighted by molar-refractivity contribution is 7.12. The Morgan fingerprint density at radius 2 is 1.90 bits per heavy atom. The minimum Gasteiger partial charge on any atom is -0.376 e. The Balaban J connectivity index is 2.24. The van der Waals surface area contributed by atoms with Crippen molar-refractivity contribution in [2.45, 2.75) is 53.0 Å². The van der Waals surface area contributed by atoms with Crippen LogP contribution in [0.25, 0.3) is 0 Å². The zero-order chi connectivity index (χ0) is 14.9. The van der Waals surface area contributed by atoms with Crippen molar-refractivity contribution in [1.29, 1.82) is 0 Å². The first kappa shape index (κ1) is 15.0. The van der Waals surface area contributed by atoms with E-state index in [1.54, 1.807) is 11.3 Å². The Bertz CT molecular complexity index is 596. The first-order valence-electron chi connectivity index (χ1n) is 6.95. The number of pyridine rings is 1. The second-order valence-electron chi connectivity index (χ2n) is 6.22. The van der Waals surface area contributed by atoms with Gasteiger partial charge in [-0.3, -0.25) is 4.98 Å². The largest absolute Gasteiger partial charge is 0.376 e. The number of rotatable bonds is 3. The van der Waals surface area contributed by atoms with E-state index in [9.17, 15) is 0 Å². The fraction of sp³-hybridized carbons (Fsp3) is 0.500. The van der Waals surface area contributed by atoms with Crippen LogP contribution in [0.5, 0.6) is 0 Å². The molecule has 0 saturated carbocycles. The number of nitrogens with zero attached hydrogens (tertiary/aromatic N) is 2. The maximum absolute atomic E-state index is 4.73. The number of anilines is 1. The Kier molecular flexibility index (Phi) is 4.14. The van der Waals surface area contributed by atoms with Crippen LogP contribution in [0.15, 0.2) is 18.3 Å². The van der Waals surface area contributed by atoms with Gasteiger partial charge in [-0.25, -0.2) is 4.98 Å². The maximum Gasteiger partial charge on any atom is 0.0985 e. The second-order valence-corrected chi connectivity index (χ2v) is 7.25. The van der Waals surface area contributed by atoms with Crippen molar-refractivity contribution >= 4 is 17.0 Å². The lowest BCUT2D eigenvalue weighted by Gasteiger charge is -2.16. The third-order valence-corrected chi connectivity index (χ3v) is 5.01. The van der Waals surface area contributed by atoms with Gasteiger partial charge in [0.15, 0.2) is 0 Å². The van der Waals surface area contributed by atoms with Gasteiger partial charge < -0.3 is 5.32 Å². The van der Waals surface area contributed by atoms with Crippen LogP contribution in [-0.4, -0.2) is 9.97 Å². The average Bonchev–Trinajstić information content (AvgIpc) is 2.74. The summed E-state index contributed by atoms with van der Waals surface area (Å²) in [5.74, 6) is 0. The van der Waals surface area contributed by atoms with Gasteiger partial charge in [0.05, 0.1) is 28.1 Å². The van der Waals surface area contributed by atoms with E-state index in [1.165, 1.54) is 9.88 Å². The van der Waals surface area contributed by atoms with Gasteiger partial charge in [-0.05, 0) is 32.9 Å². The highest BCUT2D eigenvalue weighted by atomic mass is 32.1. The number of hydrogen-bond donors (Lipinski definition) is 1. The molecule has 0 radical (unpaired) electrons. The average molecular weight is 289 g/mol. The molecule has 0 aliphatic rings. The van der Waals surface area contributed by atoms with Crippen LogP contribution in [0.3, 0.4) is 0 Å². The first-order valence-corrected chi connectivity index (χ1v) is 7.76. The summed E-state index contributed by atoms with van der Waals surface area (Å²) in [6, 6.07) is 4.27. The lowest BCUT2D eigenvalue weighted by atomic mass is 9.98. The molecule has 1 N–H and O–H groups in total. The van der Waals surface area contributed by atoms with Gasteiger partial charge in [0, 0.05) is 16.5 Å². The molecule has 0 aliphatic heterocycles. The molecule has 2 aromatic rings. The molecule has 0 saturated heterocycles. The molecule has 1 unspecified atom stereocenters. The number of thiazole rings is 1. The van der Waals surface area contributed by atoms with E-state index >= 15 is 0 Å². The van der Waals surface area contributed by atoms with Gasteiger partial charge in [-0.2, -0.15) is 0 Å². The van der Waals surface area contributed by atoms with Crippen LogP contribution < -0.4 is 5.32 Å². The van der Waals surface area contributed by atoms with E-state index in [2.05, 4.69) is 51.0 Å². The fourth-order valence-corrected chi connectivity index (χ4v) is 3.19.